The SMILES string of the molecule is C[C@@H]1O[C@@H](Oc2cc(O)c3c(=O)c(O[C@@H]4O[C@H](CO)[C@@H](O)[C@H](O)[C@H]4O[C@@H]4OC[C@@H](O)[C@H](O)[C@H]4O)c(-c4ccc(O)c(O)c4)oc3c2)[C@H](O)[C@H](O)[C@H]1O. The molecule has 286 valence electrons. The Bertz CT molecular complexity index is 1800. The number of aliphatic hydroxyl groups is 9. The van der Waals surface area contributed by atoms with Crippen LogP contribution in [-0.2, 0) is 18.9 Å². The van der Waals surface area contributed by atoms with Crippen LogP contribution in [0.2, 0.25) is 0 Å². The Morgan fingerprint density at radius 2 is 1.44 bits per heavy atom. The van der Waals surface area contributed by atoms with Gasteiger partial charge >= 0.3 is 0 Å². The molecule has 3 fully saturated rings. The lowest BCUT2D eigenvalue weighted by Gasteiger charge is -2.44. The van der Waals surface area contributed by atoms with E-state index in [1.807, 2.05) is 0 Å². The smallest absolute Gasteiger partial charge is 0.239 e. The van der Waals surface area contributed by atoms with E-state index in [1.54, 1.807) is 0 Å². The van der Waals surface area contributed by atoms with Crippen LogP contribution in [0.5, 0.6) is 28.7 Å². The highest BCUT2D eigenvalue weighted by Gasteiger charge is 2.50. The number of benzene rings is 2. The summed E-state index contributed by atoms with van der Waals surface area (Å²) in [5.74, 6) is -3.48. The normalized spacial score (nSPS) is 36.8. The third-order valence-corrected chi connectivity index (χ3v) is 9.01. The molecule has 0 unspecified atom stereocenters. The molecule has 14 atom stereocenters. The fourth-order valence-corrected chi connectivity index (χ4v) is 6.00. The van der Waals surface area contributed by atoms with E-state index in [9.17, 15) is 66.1 Å². The number of aliphatic hydroxyl groups excluding tert-OH is 9. The van der Waals surface area contributed by atoms with Crippen LogP contribution >= 0.6 is 0 Å². The molecule has 3 aliphatic heterocycles. The molecule has 3 aliphatic rings. The first-order chi connectivity index (χ1) is 24.6. The summed E-state index contributed by atoms with van der Waals surface area (Å²) in [5, 5.41) is 123. The van der Waals surface area contributed by atoms with Crippen molar-refractivity contribution in [1.82, 2.24) is 0 Å². The van der Waals surface area contributed by atoms with Gasteiger partial charge in [0.25, 0.3) is 0 Å². The predicted molar refractivity (Wildman–Crippen MR) is 167 cm³/mol. The summed E-state index contributed by atoms with van der Waals surface area (Å²) in [4.78, 5) is 14.2. The Hall–Kier alpha value is -3.87. The molecular formula is C32H38O20. The standard InChI is InChI=1S/C32H38O20/c1-9-19(38)23(42)26(45)31(47-9)48-11-5-14(36)18-16(6-11)49-27(10-2-3-12(34)13(35)4-10)28(22(18)41)51-32-29(24(43)21(40)17(7-33)50-32)52-30-25(44)20(39)15(37)8-46-30/h2-6,9,15,17,19-21,23-26,29-40,42-45H,7-8H2,1H3/t9-,15+,17+,19-,20-,21+,23+,24-,25+,26+,29+,30-,31-,32-/m0/s1. The second kappa shape index (κ2) is 14.9. The van der Waals surface area contributed by atoms with Gasteiger partial charge in [-0.25, -0.2) is 0 Å². The summed E-state index contributed by atoms with van der Waals surface area (Å²) in [7, 11) is 0. The van der Waals surface area contributed by atoms with Crippen molar-refractivity contribution in [3.8, 4) is 40.1 Å². The molecule has 0 radical (unpaired) electrons. The molecule has 0 spiro atoms. The Morgan fingerprint density at radius 1 is 0.731 bits per heavy atom. The quantitative estimate of drug-likeness (QED) is 0.0993. The molecule has 1 aromatic heterocycles. The molecule has 0 aliphatic carbocycles. The minimum absolute atomic E-state index is 0.109. The molecule has 3 aromatic rings. The zero-order valence-corrected chi connectivity index (χ0v) is 27.0. The Kier molecular flexibility index (Phi) is 10.8. The van der Waals surface area contributed by atoms with Crippen molar-refractivity contribution in [2.45, 2.75) is 92.9 Å². The average Bonchev–Trinajstić information content (AvgIpc) is 3.11. The molecule has 6 rings (SSSR count). The van der Waals surface area contributed by atoms with Crippen LogP contribution in [0.3, 0.4) is 0 Å². The summed E-state index contributed by atoms with van der Waals surface area (Å²) >= 11 is 0. The van der Waals surface area contributed by atoms with Crippen LogP contribution in [0.1, 0.15) is 6.92 Å². The second-order valence-corrected chi connectivity index (χ2v) is 12.6. The number of rotatable bonds is 8. The summed E-state index contributed by atoms with van der Waals surface area (Å²) in [6.45, 7) is 0.0299. The van der Waals surface area contributed by atoms with Gasteiger partial charge in [-0.3, -0.25) is 4.79 Å². The third kappa shape index (κ3) is 6.97. The number of hydrogen-bond acceptors (Lipinski definition) is 20. The molecule has 4 heterocycles. The highest BCUT2D eigenvalue weighted by Crippen LogP contribution is 2.40. The Labute approximate surface area is 292 Å². The largest absolute Gasteiger partial charge is 0.507 e. The van der Waals surface area contributed by atoms with Crippen molar-refractivity contribution in [3.05, 3.63) is 40.6 Å². The fraction of sp³-hybridized carbons (Fsp3) is 0.531. The maximum Gasteiger partial charge on any atom is 0.239 e. The molecule has 20 heteroatoms. The van der Waals surface area contributed by atoms with Crippen molar-refractivity contribution in [2.24, 2.45) is 0 Å². The highest BCUT2D eigenvalue weighted by atomic mass is 16.8. The molecule has 12 N–H and O–H groups in total. The van der Waals surface area contributed by atoms with Gasteiger partial charge in [-0.15, -0.1) is 0 Å². The number of ether oxygens (including phenoxy) is 6. The molecule has 2 aromatic carbocycles. The monoisotopic (exact) mass is 742 g/mol. The lowest BCUT2D eigenvalue weighted by Crippen LogP contribution is -2.64. The number of phenolic OH excluding ortho intramolecular Hbond substituents is 3. The van der Waals surface area contributed by atoms with Crippen LogP contribution in [0.25, 0.3) is 22.3 Å². The molecule has 20 nitrogen and oxygen atoms in total. The van der Waals surface area contributed by atoms with Crippen LogP contribution in [-0.4, -0.2) is 161 Å². The van der Waals surface area contributed by atoms with Crippen molar-refractivity contribution < 1.29 is 94.1 Å². The van der Waals surface area contributed by atoms with Gasteiger partial charge < -0.3 is 94.1 Å². The average molecular weight is 743 g/mol. The molecular weight excluding hydrogens is 704 g/mol. The van der Waals surface area contributed by atoms with E-state index in [0.717, 1.165) is 24.3 Å². The van der Waals surface area contributed by atoms with Gasteiger partial charge in [0.1, 0.15) is 77.4 Å². The van der Waals surface area contributed by atoms with E-state index in [0.29, 0.717) is 0 Å². The number of hydrogen-bond donors (Lipinski definition) is 12. The maximum absolute atomic E-state index is 14.2. The number of aromatic hydroxyl groups is 3. The first-order valence-corrected chi connectivity index (χ1v) is 15.9. The second-order valence-electron chi connectivity index (χ2n) is 12.6. The van der Waals surface area contributed by atoms with E-state index in [4.69, 9.17) is 32.8 Å². The topological polar surface area (TPSA) is 328 Å². The van der Waals surface area contributed by atoms with Gasteiger partial charge in [-0.05, 0) is 25.1 Å². The summed E-state index contributed by atoms with van der Waals surface area (Å²) < 4.78 is 39.5. The van der Waals surface area contributed by atoms with E-state index in [2.05, 4.69) is 0 Å². The number of phenols is 3. The Morgan fingerprint density at radius 3 is 2.13 bits per heavy atom. The maximum atomic E-state index is 14.2. The van der Waals surface area contributed by atoms with E-state index < -0.39 is 139 Å². The van der Waals surface area contributed by atoms with Crippen LogP contribution in [0, 0.1) is 0 Å². The van der Waals surface area contributed by atoms with E-state index in [-0.39, 0.29) is 16.9 Å². The van der Waals surface area contributed by atoms with E-state index >= 15 is 0 Å². The predicted octanol–water partition coefficient (Wildman–Crippen LogP) is -3.57. The highest BCUT2D eigenvalue weighted by molar-refractivity contribution is 5.88. The fourth-order valence-electron chi connectivity index (χ4n) is 6.00. The molecule has 3 saturated heterocycles. The van der Waals surface area contributed by atoms with Crippen molar-refractivity contribution in [1.29, 1.82) is 0 Å². The van der Waals surface area contributed by atoms with Gasteiger partial charge in [0.15, 0.2) is 29.7 Å². The van der Waals surface area contributed by atoms with Gasteiger partial charge in [0.05, 0.1) is 19.3 Å². The number of fused-ring (bicyclic) bond motifs is 1. The van der Waals surface area contributed by atoms with Gasteiger partial charge in [-0.1, -0.05) is 0 Å². The molecule has 0 bridgehead atoms. The van der Waals surface area contributed by atoms with E-state index in [1.165, 1.54) is 13.0 Å². The molecule has 0 saturated carbocycles. The minimum Gasteiger partial charge on any atom is -0.507 e. The lowest BCUT2D eigenvalue weighted by atomic mass is 9.98. The summed E-state index contributed by atoms with van der Waals surface area (Å²) in [6.07, 6.45) is -23.3. The van der Waals surface area contributed by atoms with Crippen LogP contribution < -0.4 is 14.9 Å². The van der Waals surface area contributed by atoms with Crippen LogP contribution in [0.15, 0.2) is 39.5 Å². The van der Waals surface area contributed by atoms with Gasteiger partial charge in [0.2, 0.25) is 23.8 Å². The minimum atomic E-state index is -1.96. The van der Waals surface area contributed by atoms with Crippen molar-refractivity contribution in [2.75, 3.05) is 13.2 Å². The zero-order valence-electron chi connectivity index (χ0n) is 27.0. The summed E-state index contributed by atoms with van der Waals surface area (Å²) in [5.41, 5.74) is -1.59. The van der Waals surface area contributed by atoms with Gasteiger partial charge in [-0.2, -0.15) is 0 Å². The molecule has 0 amide bonds. The molecule has 52 heavy (non-hydrogen) atoms. The first kappa shape index (κ1) is 37.9. The lowest BCUT2D eigenvalue weighted by molar-refractivity contribution is -0.345. The third-order valence-electron chi connectivity index (χ3n) is 9.01. The van der Waals surface area contributed by atoms with Crippen molar-refractivity contribution >= 4 is 11.0 Å². The Balaban J connectivity index is 1.43. The first-order valence-electron chi connectivity index (χ1n) is 15.9. The van der Waals surface area contributed by atoms with Crippen LogP contribution in [0.4, 0.5) is 0 Å². The summed E-state index contributed by atoms with van der Waals surface area (Å²) in [6, 6.07) is 5.28. The van der Waals surface area contributed by atoms with Gasteiger partial charge in [0, 0.05) is 17.7 Å². The van der Waals surface area contributed by atoms with Crippen molar-refractivity contribution in [3.63, 3.8) is 0 Å². The zero-order chi connectivity index (χ0) is 37.8.